The highest BCUT2D eigenvalue weighted by atomic mass is 32.2. The topological polar surface area (TPSA) is 58.6 Å². The third-order valence-electron chi connectivity index (χ3n) is 5.68. The lowest BCUT2D eigenvalue weighted by molar-refractivity contribution is -0.148. The number of hydrogen-bond acceptors (Lipinski definition) is 4. The van der Waals surface area contributed by atoms with Crippen LogP contribution in [0.25, 0.3) is 0 Å². The molecular formula is C22H32N2O3S. The maximum absolute atomic E-state index is 13.3. The number of amides is 2. The van der Waals surface area contributed by atoms with Gasteiger partial charge in [0.15, 0.2) is 0 Å². The second kappa shape index (κ2) is 10.2. The van der Waals surface area contributed by atoms with E-state index in [2.05, 4.69) is 12.2 Å². The summed E-state index contributed by atoms with van der Waals surface area (Å²) < 4.78 is 5.41. The van der Waals surface area contributed by atoms with E-state index in [-0.39, 0.29) is 17.4 Å². The number of carbonyl (C=O) groups is 2. The number of rotatable bonds is 6. The summed E-state index contributed by atoms with van der Waals surface area (Å²) in [5.41, 5.74) is 1.93. The molecule has 154 valence electrons. The molecule has 2 fully saturated rings. The van der Waals surface area contributed by atoms with Gasteiger partial charge in [0.05, 0.1) is 12.0 Å². The first-order valence-electron chi connectivity index (χ1n) is 10.6. The van der Waals surface area contributed by atoms with Crippen molar-refractivity contribution < 1.29 is 14.3 Å². The lowest BCUT2D eigenvalue weighted by Crippen LogP contribution is -2.50. The van der Waals surface area contributed by atoms with E-state index in [1.165, 1.54) is 19.3 Å². The zero-order valence-electron chi connectivity index (χ0n) is 17.0. The van der Waals surface area contributed by atoms with Crippen LogP contribution in [-0.4, -0.2) is 40.7 Å². The van der Waals surface area contributed by atoms with E-state index >= 15 is 0 Å². The normalized spacial score (nSPS) is 22.9. The van der Waals surface area contributed by atoms with E-state index in [0.29, 0.717) is 18.3 Å². The van der Waals surface area contributed by atoms with Crippen molar-refractivity contribution in [3.63, 3.8) is 0 Å². The Morgan fingerprint density at radius 3 is 2.64 bits per heavy atom. The van der Waals surface area contributed by atoms with Crippen molar-refractivity contribution >= 4 is 29.4 Å². The first kappa shape index (κ1) is 21.0. The van der Waals surface area contributed by atoms with Gasteiger partial charge in [-0.3, -0.25) is 4.90 Å². The molecule has 1 aliphatic carbocycles. The van der Waals surface area contributed by atoms with Crippen molar-refractivity contribution in [1.82, 2.24) is 4.90 Å². The molecule has 1 N–H and O–H groups in total. The smallest absolute Gasteiger partial charge is 0.329 e. The Labute approximate surface area is 172 Å². The third-order valence-corrected chi connectivity index (χ3v) is 7.14. The number of esters is 1. The minimum absolute atomic E-state index is 0.0493. The summed E-state index contributed by atoms with van der Waals surface area (Å²) in [5.74, 6) is 0.800. The molecule has 5 nitrogen and oxygen atoms in total. The average molecular weight is 405 g/mol. The van der Waals surface area contributed by atoms with Crippen LogP contribution in [0.3, 0.4) is 0 Å². The lowest BCUT2D eigenvalue weighted by Gasteiger charge is -2.35. The number of para-hydroxylation sites is 1. The van der Waals surface area contributed by atoms with Crippen molar-refractivity contribution in [3.8, 4) is 0 Å². The molecular weight excluding hydrogens is 372 g/mol. The highest BCUT2D eigenvalue weighted by molar-refractivity contribution is 8.00. The molecule has 1 heterocycles. The Balaban J connectivity index is 1.80. The Morgan fingerprint density at radius 2 is 1.93 bits per heavy atom. The van der Waals surface area contributed by atoms with Crippen LogP contribution in [0.1, 0.15) is 57.9 Å². The third kappa shape index (κ3) is 4.83. The Morgan fingerprint density at radius 1 is 1.18 bits per heavy atom. The minimum atomic E-state index is -0.503. The Bertz CT molecular complexity index is 676. The molecule has 28 heavy (non-hydrogen) atoms. The molecule has 1 aliphatic heterocycles. The fourth-order valence-electron chi connectivity index (χ4n) is 4.18. The van der Waals surface area contributed by atoms with Gasteiger partial charge in [-0.2, -0.15) is 0 Å². The van der Waals surface area contributed by atoms with Gasteiger partial charge in [-0.15, -0.1) is 11.8 Å². The zero-order chi connectivity index (χ0) is 19.9. The van der Waals surface area contributed by atoms with Crippen LogP contribution in [0, 0.1) is 5.92 Å². The van der Waals surface area contributed by atoms with E-state index in [0.717, 1.165) is 36.9 Å². The molecule has 6 heteroatoms. The van der Waals surface area contributed by atoms with Crippen molar-refractivity contribution in [1.29, 1.82) is 0 Å². The maximum atomic E-state index is 13.3. The molecule has 1 aromatic rings. The summed E-state index contributed by atoms with van der Waals surface area (Å²) in [7, 11) is 0. The van der Waals surface area contributed by atoms with Crippen LogP contribution in [0.5, 0.6) is 0 Å². The molecule has 3 rings (SSSR count). The van der Waals surface area contributed by atoms with E-state index < -0.39 is 6.04 Å². The largest absolute Gasteiger partial charge is 0.464 e. The van der Waals surface area contributed by atoms with Gasteiger partial charge in [-0.25, -0.2) is 9.59 Å². The van der Waals surface area contributed by atoms with Crippen molar-refractivity contribution in [2.75, 3.05) is 17.7 Å². The molecule has 2 atom stereocenters. The number of hydrogen-bond donors (Lipinski definition) is 1. The summed E-state index contributed by atoms with van der Waals surface area (Å²) in [6.45, 7) is 4.46. The highest BCUT2D eigenvalue weighted by Crippen LogP contribution is 2.41. The van der Waals surface area contributed by atoms with Crippen LogP contribution in [-0.2, 0) is 16.0 Å². The number of urea groups is 1. The second-order valence-corrected chi connectivity index (χ2v) is 8.80. The number of carbonyl (C=O) groups excluding carboxylic acids is 2. The quantitative estimate of drug-likeness (QED) is 0.674. The van der Waals surface area contributed by atoms with Crippen molar-refractivity contribution in [2.24, 2.45) is 5.92 Å². The monoisotopic (exact) mass is 404 g/mol. The van der Waals surface area contributed by atoms with E-state index in [9.17, 15) is 9.59 Å². The lowest BCUT2D eigenvalue weighted by atomic mass is 9.88. The maximum Gasteiger partial charge on any atom is 0.329 e. The Hall–Kier alpha value is -1.69. The van der Waals surface area contributed by atoms with E-state index in [1.807, 2.05) is 31.2 Å². The molecule has 1 aromatic carbocycles. The van der Waals surface area contributed by atoms with Crippen LogP contribution in [0.2, 0.25) is 0 Å². The van der Waals surface area contributed by atoms with E-state index in [4.69, 9.17) is 4.74 Å². The first-order chi connectivity index (χ1) is 13.7. The molecule has 1 saturated heterocycles. The summed E-state index contributed by atoms with van der Waals surface area (Å²) >= 11 is 1.74. The highest BCUT2D eigenvalue weighted by Gasteiger charge is 2.45. The van der Waals surface area contributed by atoms with Crippen LogP contribution in [0.15, 0.2) is 24.3 Å². The predicted octanol–water partition coefficient (Wildman–Crippen LogP) is 5.06. The first-order valence-corrected chi connectivity index (χ1v) is 11.7. The number of nitrogens with zero attached hydrogens (tertiary/aromatic N) is 1. The van der Waals surface area contributed by atoms with Gasteiger partial charge < -0.3 is 10.1 Å². The van der Waals surface area contributed by atoms with Crippen LogP contribution < -0.4 is 5.32 Å². The van der Waals surface area contributed by atoms with Crippen molar-refractivity contribution in [2.45, 2.75) is 70.2 Å². The second-order valence-electron chi connectivity index (χ2n) is 7.65. The number of thioether (sulfide) groups is 1. The molecule has 0 radical (unpaired) electrons. The number of ether oxygens (including phenoxy) is 1. The number of benzene rings is 1. The average Bonchev–Trinajstić information content (AvgIpc) is 3.18. The number of aryl methyl sites for hydroxylation is 1. The van der Waals surface area contributed by atoms with E-state index in [1.54, 1.807) is 16.7 Å². The Kier molecular flexibility index (Phi) is 7.65. The fraction of sp³-hybridized carbons (Fsp3) is 0.636. The zero-order valence-corrected chi connectivity index (χ0v) is 17.8. The fourth-order valence-corrected chi connectivity index (χ4v) is 5.80. The molecule has 2 amide bonds. The summed E-state index contributed by atoms with van der Waals surface area (Å²) in [6, 6.07) is 7.19. The summed E-state index contributed by atoms with van der Waals surface area (Å²) in [5, 5.41) is 3.13. The molecule has 0 bridgehead atoms. The van der Waals surface area contributed by atoms with Gasteiger partial charge in [0.25, 0.3) is 0 Å². The summed E-state index contributed by atoms with van der Waals surface area (Å²) in [4.78, 5) is 27.8. The van der Waals surface area contributed by atoms with Gasteiger partial charge >= 0.3 is 12.0 Å². The molecule has 0 unspecified atom stereocenters. The number of anilines is 1. The summed E-state index contributed by atoms with van der Waals surface area (Å²) in [6.07, 6.45) is 7.58. The predicted molar refractivity (Wildman–Crippen MR) is 115 cm³/mol. The minimum Gasteiger partial charge on any atom is -0.464 e. The van der Waals surface area contributed by atoms with Gasteiger partial charge in [0, 0.05) is 11.4 Å². The SMILES string of the molecule is CCCOC(=O)[C@H]1CS[C@@H](C2CCCCC2)N1C(=O)Nc1ccccc1CC. The van der Waals surface area contributed by atoms with Crippen molar-refractivity contribution in [3.05, 3.63) is 29.8 Å². The van der Waals surface area contributed by atoms with Gasteiger partial charge in [0.2, 0.25) is 0 Å². The van der Waals surface area contributed by atoms with Gasteiger partial charge in [-0.05, 0) is 43.2 Å². The van der Waals surface area contributed by atoms with Crippen LogP contribution in [0.4, 0.5) is 10.5 Å². The van der Waals surface area contributed by atoms with Gasteiger partial charge in [-0.1, -0.05) is 51.3 Å². The molecule has 0 aromatic heterocycles. The molecule has 0 spiro atoms. The standard InChI is InChI=1S/C22H32N2O3S/c1-3-14-27-21(25)19-15-28-20(17-11-6-5-7-12-17)24(19)22(26)23-18-13-9-8-10-16(18)4-2/h8-10,13,17,19-20H,3-7,11-12,14-15H2,1-2H3,(H,23,26)/t19-,20+/m1/s1. The van der Waals surface area contributed by atoms with Gasteiger partial charge in [0.1, 0.15) is 6.04 Å². The molecule has 1 saturated carbocycles. The van der Waals surface area contributed by atoms with Crippen LogP contribution >= 0.6 is 11.8 Å². The number of nitrogens with one attached hydrogen (secondary N) is 1. The molecule has 2 aliphatic rings.